The number of rotatable bonds is 3. The molecule has 5 nitrogen and oxygen atoms in total. The molecule has 0 fully saturated rings. The summed E-state index contributed by atoms with van der Waals surface area (Å²) < 4.78 is 0. The SMILES string of the molecule is CN(CC(=O)O)c1cnccc1C#N. The summed E-state index contributed by atoms with van der Waals surface area (Å²) in [5.41, 5.74) is 0.946. The van der Waals surface area contributed by atoms with Crippen molar-refractivity contribution in [2.45, 2.75) is 0 Å². The Labute approximate surface area is 81.2 Å². The maximum atomic E-state index is 10.4. The molecule has 0 amide bonds. The number of nitrogens with zero attached hydrogens (tertiary/aromatic N) is 3. The van der Waals surface area contributed by atoms with E-state index in [1.54, 1.807) is 13.1 Å². The van der Waals surface area contributed by atoms with Gasteiger partial charge in [0.25, 0.3) is 0 Å². The van der Waals surface area contributed by atoms with Crippen LogP contribution in [0, 0.1) is 11.3 Å². The Morgan fingerprint density at radius 3 is 3.07 bits per heavy atom. The summed E-state index contributed by atoms with van der Waals surface area (Å²) >= 11 is 0. The highest BCUT2D eigenvalue weighted by atomic mass is 16.4. The molecule has 0 radical (unpaired) electrons. The molecule has 0 bridgehead atoms. The molecule has 0 saturated heterocycles. The van der Waals surface area contributed by atoms with Crippen molar-refractivity contribution in [3.63, 3.8) is 0 Å². The highest BCUT2D eigenvalue weighted by molar-refractivity contribution is 5.74. The van der Waals surface area contributed by atoms with Crippen LogP contribution in [0.1, 0.15) is 5.56 Å². The van der Waals surface area contributed by atoms with Crippen molar-refractivity contribution in [2.75, 3.05) is 18.5 Å². The van der Waals surface area contributed by atoms with E-state index in [0.29, 0.717) is 11.3 Å². The quantitative estimate of drug-likeness (QED) is 0.751. The third-order valence-electron chi connectivity index (χ3n) is 1.70. The smallest absolute Gasteiger partial charge is 0.323 e. The molecule has 1 aromatic heterocycles. The minimum Gasteiger partial charge on any atom is -0.480 e. The average Bonchev–Trinajstić information content (AvgIpc) is 2.16. The van der Waals surface area contributed by atoms with E-state index in [0.717, 1.165) is 0 Å². The first-order valence-electron chi connectivity index (χ1n) is 3.92. The van der Waals surface area contributed by atoms with Crippen molar-refractivity contribution in [2.24, 2.45) is 0 Å². The molecule has 72 valence electrons. The number of hydrogen-bond acceptors (Lipinski definition) is 4. The number of likely N-dealkylation sites (N-methyl/N-ethyl adjacent to an activating group) is 1. The van der Waals surface area contributed by atoms with Gasteiger partial charge in [0.05, 0.1) is 17.4 Å². The predicted molar refractivity (Wildman–Crippen MR) is 49.9 cm³/mol. The third-order valence-corrected chi connectivity index (χ3v) is 1.70. The van der Waals surface area contributed by atoms with Gasteiger partial charge in [-0.2, -0.15) is 5.26 Å². The van der Waals surface area contributed by atoms with E-state index in [1.807, 2.05) is 6.07 Å². The van der Waals surface area contributed by atoms with Gasteiger partial charge in [0.2, 0.25) is 0 Å². The van der Waals surface area contributed by atoms with Crippen molar-refractivity contribution in [3.05, 3.63) is 24.0 Å². The van der Waals surface area contributed by atoms with Gasteiger partial charge in [-0.3, -0.25) is 9.78 Å². The molecule has 0 spiro atoms. The van der Waals surface area contributed by atoms with Gasteiger partial charge < -0.3 is 10.0 Å². The first kappa shape index (κ1) is 9.99. The fourth-order valence-corrected chi connectivity index (χ4v) is 1.07. The van der Waals surface area contributed by atoms with E-state index in [-0.39, 0.29) is 6.54 Å². The van der Waals surface area contributed by atoms with Crippen LogP contribution in [-0.4, -0.2) is 29.7 Å². The second-order valence-corrected chi connectivity index (χ2v) is 2.75. The Bertz CT molecular complexity index is 384. The topological polar surface area (TPSA) is 77.2 Å². The fourth-order valence-electron chi connectivity index (χ4n) is 1.07. The zero-order chi connectivity index (χ0) is 10.6. The molecule has 0 saturated carbocycles. The van der Waals surface area contributed by atoms with Crippen LogP contribution in [-0.2, 0) is 4.79 Å². The van der Waals surface area contributed by atoms with Crippen LogP contribution >= 0.6 is 0 Å². The van der Waals surface area contributed by atoms with Crippen LogP contribution in [0.5, 0.6) is 0 Å². The van der Waals surface area contributed by atoms with E-state index >= 15 is 0 Å². The molecular formula is C9H9N3O2. The first-order chi connectivity index (χ1) is 6.65. The number of carboxylic acids is 1. The molecule has 1 N–H and O–H groups in total. The lowest BCUT2D eigenvalue weighted by Crippen LogP contribution is -2.25. The van der Waals surface area contributed by atoms with E-state index in [2.05, 4.69) is 4.98 Å². The molecule has 1 rings (SSSR count). The summed E-state index contributed by atoms with van der Waals surface area (Å²) in [6.07, 6.45) is 2.97. The Hall–Kier alpha value is -2.09. The summed E-state index contributed by atoms with van der Waals surface area (Å²) in [6, 6.07) is 3.52. The molecule has 0 aliphatic carbocycles. The van der Waals surface area contributed by atoms with Crippen molar-refractivity contribution in [3.8, 4) is 6.07 Å². The van der Waals surface area contributed by atoms with Gasteiger partial charge in [-0.25, -0.2) is 0 Å². The van der Waals surface area contributed by atoms with E-state index in [1.165, 1.54) is 17.3 Å². The average molecular weight is 191 g/mol. The normalized spacial score (nSPS) is 9.14. The maximum absolute atomic E-state index is 10.4. The van der Waals surface area contributed by atoms with Gasteiger partial charge in [-0.05, 0) is 6.07 Å². The lowest BCUT2D eigenvalue weighted by molar-refractivity contribution is -0.135. The highest BCUT2D eigenvalue weighted by Gasteiger charge is 2.09. The van der Waals surface area contributed by atoms with Crippen molar-refractivity contribution in [1.29, 1.82) is 5.26 Å². The third kappa shape index (κ3) is 2.20. The first-order valence-corrected chi connectivity index (χ1v) is 3.92. The molecule has 0 aromatic carbocycles. The van der Waals surface area contributed by atoms with Crippen LogP contribution in [0.4, 0.5) is 5.69 Å². The van der Waals surface area contributed by atoms with Crippen LogP contribution in [0.3, 0.4) is 0 Å². The largest absolute Gasteiger partial charge is 0.480 e. The van der Waals surface area contributed by atoms with Crippen molar-refractivity contribution in [1.82, 2.24) is 4.98 Å². The van der Waals surface area contributed by atoms with Crippen LogP contribution in [0.2, 0.25) is 0 Å². The van der Waals surface area contributed by atoms with Crippen LogP contribution < -0.4 is 4.90 Å². The molecule has 5 heteroatoms. The van der Waals surface area contributed by atoms with E-state index in [9.17, 15) is 4.79 Å². The fraction of sp³-hybridized carbons (Fsp3) is 0.222. The minimum absolute atomic E-state index is 0.152. The second kappa shape index (κ2) is 4.23. The molecule has 0 unspecified atom stereocenters. The summed E-state index contributed by atoms with van der Waals surface area (Å²) in [5, 5.41) is 17.3. The molecule has 0 aliphatic heterocycles. The molecule has 14 heavy (non-hydrogen) atoms. The van der Waals surface area contributed by atoms with Gasteiger partial charge >= 0.3 is 5.97 Å². The zero-order valence-corrected chi connectivity index (χ0v) is 7.64. The number of hydrogen-bond donors (Lipinski definition) is 1. The van der Waals surface area contributed by atoms with Crippen LogP contribution in [0.15, 0.2) is 18.5 Å². The Balaban J connectivity index is 2.95. The molecule has 1 heterocycles. The molecule has 0 atom stereocenters. The number of aromatic nitrogens is 1. The Morgan fingerprint density at radius 1 is 1.79 bits per heavy atom. The maximum Gasteiger partial charge on any atom is 0.323 e. The van der Waals surface area contributed by atoms with Crippen molar-refractivity contribution >= 4 is 11.7 Å². The second-order valence-electron chi connectivity index (χ2n) is 2.75. The summed E-state index contributed by atoms with van der Waals surface area (Å²) in [4.78, 5) is 15.7. The predicted octanol–water partition coefficient (Wildman–Crippen LogP) is 0.474. The molecule has 1 aromatic rings. The lowest BCUT2D eigenvalue weighted by atomic mass is 10.2. The number of aliphatic carboxylic acids is 1. The van der Waals surface area contributed by atoms with Crippen LogP contribution in [0.25, 0.3) is 0 Å². The van der Waals surface area contributed by atoms with E-state index < -0.39 is 5.97 Å². The number of anilines is 1. The van der Waals surface area contributed by atoms with Gasteiger partial charge in [0.15, 0.2) is 0 Å². The Morgan fingerprint density at radius 2 is 2.50 bits per heavy atom. The van der Waals surface area contributed by atoms with Gasteiger partial charge in [0, 0.05) is 13.2 Å². The number of carboxylic acid groups (broad SMARTS) is 1. The summed E-state index contributed by atoms with van der Waals surface area (Å²) in [5.74, 6) is -0.944. The summed E-state index contributed by atoms with van der Waals surface area (Å²) in [6.45, 7) is -0.152. The minimum atomic E-state index is -0.944. The summed E-state index contributed by atoms with van der Waals surface area (Å²) in [7, 11) is 1.60. The highest BCUT2D eigenvalue weighted by Crippen LogP contribution is 2.15. The van der Waals surface area contributed by atoms with Gasteiger partial charge in [0.1, 0.15) is 12.6 Å². The Kier molecular flexibility index (Phi) is 3.02. The van der Waals surface area contributed by atoms with Gasteiger partial charge in [-0.15, -0.1) is 0 Å². The van der Waals surface area contributed by atoms with Crippen molar-refractivity contribution < 1.29 is 9.90 Å². The molecular weight excluding hydrogens is 182 g/mol. The number of nitriles is 1. The standard InChI is InChI=1S/C9H9N3O2/c1-12(6-9(13)14)8-5-11-3-2-7(8)4-10/h2-3,5H,6H2,1H3,(H,13,14). The lowest BCUT2D eigenvalue weighted by Gasteiger charge is -2.16. The van der Waals surface area contributed by atoms with E-state index in [4.69, 9.17) is 10.4 Å². The number of pyridine rings is 1. The number of carbonyl (C=O) groups is 1. The zero-order valence-electron chi connectivity index (χ0n) is 7.64. The van der Waals surface area contributed by atoms with Gasteiger partial charge in [-0.1, -0.05) is 0 Å². The molecule has 0 aliphatic rings. The monoisotopic (exact) mass is 191 g/mol.